The molecule has 0 aliphatic heterocycles. The highest BCUT2D eigenvalue weighted by molar-refractivity contribution is 5.88. The fraction of sp³-hybridized carbons (Fsp3) is 0.500. The van der Waals surface area contributed by atoms with Crippen LogP contribution in [0, 0.1) is 0 Å². The van der Waals surface area contributed by atoms with Gasteiger partial charge >= 0.3 is 0 Å². The lowest BCUT2D eigenvalue weighted by Gasteiger charge is -2.20. The molecule has 1 aliphatic rings. The van der Waals surface area contributed by atoms with E-state index in [0.717, 1.165) is 25.0 Å². The van der Waals surface area contributed by atoms with Crippen molar-refractivity contribution >= 4 is 5.91 Å². The maximum absolute atomic E-state index is 11.9. The van der Waals surface area contributed by atoms with Crippen molar-refractivity contribution in [1.29, 1.82) is 0 Å². The van der Waals surface area contributed by atoms with Gasteiger partial charge in [0.1, 0.15) is 5.75 Å². The Morgan fingerprint density at radius 2 is 2.00 bits per heavy atom. The van der Waals surface area contributed by atoms with E-state index in [2.05, 4.69) is 0 Å². The molecule has 18 heavy (non-hydrogen) atoms. The minimum absolute atomic E-state index is 0.0658. The molecule has 0 bridgehead atoms. The monoisotopic (exact) mass is 248 g/mol. The predicted octanol–water partition coefficient (Wildman–Crippen LogP) is 1.19. The van der Waals surface area contributed by atoms with Crippen LogP contribution in [-0.2, 0) is 11.2 Å². The van der Waals surface area contributed by atoms with Gasteiger partial charge in [-0.15, -0.1) is 0 Å². The Morgan fingerprint density at radius 3 is 2.50 bits per heavy atom. The molecule has 0 aromatic heterocycles. The van der Waals surface area contributed by atoms with Gasteiger partial charge in [-0.25, -0.2) is 0 Å². The van der Waals surface area contributed by atoms with Gasteiger partial charge in [0.25, 0.3) is 0 Å². The average molecular weight is 248 g/mol. The Labute approximate surface area is 108 Å². The zero-order valence-corrected chi connectivity index (χ0v) is 11.0. The Kier molecular flexibility index (Phi) is 3.57. The lowest BCUT2D eigenvalue weighted by atomic mass is 10.1. The summed E-state index contributed by atoms with van der Waals surface area (Å²) in [4.78, 5) is 13.7. The quantitative estimate of drug-likeness (QED) is 0.851. The fourth-order valence-electron chi connectivity index (χ4n) is 1.92. The molecule has 2 N–H and O–H groups in total. The number of hydrogen-bond acceptors (Lipinski definition) is 3. The van der Waals surface area contributed by atoms with Crippen molar-refractivity contribution in [2.45, 2.75) is 24.8 Å². The third kappa shape index (κ3) is 2.82. The molecule has 0 saturated heterocycles. The largest absolute Gasteiger partial charge is 0.497 e. The standard InChI is InChI=1S/C14H20N2O2/c1-16(13(17)14(15)8-9-14)10-7-11-3-5-12(18-2)6-4-11/h3-6H,7-10,15H2,1-2H3. The Bertz CT molecular complexity index is 424. The van der Waals surface area contributed by atoms with Crippen LogP contribution < -0.4 is 10.5 Å². The van der Waals surface area contributed by atoms with Crippen molar-refractivity contribution in [2.75, 3.05) is 20.7 Å². The predicted molar refractivity (Wildman–Crippen MR) is 70.5 cm³/mol. The van der Waals surface area contributed by atoms with E-state index in [1.165, 1.54) is 5.56 Å². The summed E-state index contributed by atoms with van der Waals surface area (Å²) in [5.41, 5.74) is 6.52. The molecule has 2 rings (SSSR count). The summed E-state index contributed by atoms with van der Waals surface area (Å²) < 4.78 is 5.10. The first-order chi connectivity index (χ1) is 8.55. The smallest absolute Gasteiger partial charge is 0.242 e. The minimum atomic E-state index is -0.561. The number of amides is 1. The molecule has 98 valence electrons. The zero-order valence-electron chi connectivity index (χ0n) is 11.0. The van der Waals surface area contributed by atoms with Crippen LogP contribution >= 0.6 is 0 Å². The van der Waals surface area contributed by atoms with Crippen molar-refractivity contribution < 1.29 is 9.53 Å². The van der Waals surface area contributed by atoms with Crippen LogP contribution in [0.4, 0.5) is 0 Å². The molecule has 0 heterocycles. The van der Waals surface area contributed by atoms with Gasteiger partial charge in [-0.2, -0.15) is 0 Å². The number of nitrogens with two attached hydrogens (primary N) is 1. The van der Waals surface area contributed by atoms with E-state index in [-0.39, 0.29) is 5.91 Å². The molecule has 0 unspecified atom stereocenters. The lowest BCUT2D eigenvalue weighted by molar-refractivity contribution is -0.132. The molecule has 1 aliphatic carbocycles. The SMILES string of the molecule is COc1ccc(CCN(C)C(=O)C2(N)CC2)cc1. The summed E-state index contributed by atoms with van der Waals surface area (Å²) in [6.07, 6.45) is 2.47. The first kappa shape index (κ1) is 12.9. The van der Waals surface area contributed by atoms with Crippen LogP contribution in [0.5, 0.6) is 5.75 Å². The first-order valence-electron chi connectivity index (χ1n) is 6.22. The van der Waals surface area contributed by atoms with Gasteiger partial charge in [-0.1, -0.05) is 12.1 Å². The van der Waals surface area contributed by atoms with Crippen LogP contribution in [0.25, 0.3) is 0 Å². The highest BCUT2D eigenvalue weighted by atomic mass is 16.5. The molecule has 0 radical (unpaired) electrons. The van der Waals surface area contributed by atoms with E-state index in [4.69, 9.17) is 10.5 Å². The number of hydrogen-bond donors (Lipinski definition) is 1. The van der Waals surface area contributed by atoms with Gasteiger partial charge in [0.2, 0.25) is 5.91 Å². The number of rotatable bonds is 5. The van der Waals surface area contributed by atoms with Gasteiger partial charge in [0.15, 0.2) is 0 Å². The molecule has 1 saturated carbocycles. The van der Waals surface area contributed by atoms with E-state index >= 15 is 0 Å². The fourth-order valence-corrected chi connectivity index (χ4v) is 1.92. The van der Waals surface area contributed by atoms with E-state index < -0.39 is 5.54 Å². The lowest BCUT2D eigenvalue weighted by Crippen LogP contribution is -2.44. The second kappa shape index (κ2) is 4.98. The second-order valence-electron chi connectivity index (χ2n) is 4.98. The van der Waals surface area contributed by atoms with Crippen molar-refractivity contribution in [3.05, 3.63) is 29.8 Å². The number of carbonyl (C=O) groups is 1. The topological polar surface area (TPSA) is 55.6 Å². The van der Waals surface area contributed by atoms with Crippen molar-refractivity contribution in [3.63, 3.8) is 0 Å². The molecule has 1 amide bonds. The molecular weight excluding hydrogens is 228 g/mol. The van der Waals surface area contributed by atoms with E-state index in [1.807, 2.05) is 31.3 Å². The molecule has 1 aromatic rings. The highest BCUT2D eigenvalue weighted by Crippen LogP contribution is 2.33. The van der Waals surface area contributed by atoms with Crippen LogP contribution in [0.1, 0.15) is 18.4 Å². The summed E-state index contributed by atoms with van der Waals surface area (Å²) in [6.45, 7) is 0.699. The van der Waals surface area contributed by atoms with E-state index in [9.17, 15) is 4.79 Å². The average Bonchev–Trinajstić information content (AvgIpc) is 3.15. The van der Waals surface area contributed by atoms with E-state index in [0.29, 0.717) is 6.54 Å². The van der Waals surface area contributed by atoms with Gasteiger partial charge < -0.3 is 15.4 Å². The molecule has 1 aromatic carbocycles. The molecule has 4 heteroatoms. The van der Waals surface area contributed by atoms with Crippen LogP contribution in [0.3, 0.4) is 0 Å². The van der Waals surface area contributed by atoms with Crippen molar-refractivity contribution in [3.8, 4) is 5.75 Å². The normalized spacial score (nSPS) is 16.2. The number of nitrogens with zero attached hydrogens (tertiary/aromatic N) is 1. The molecular formula is C14H20N2O2. The van der Waals surface area contributed by atoms with Crippen molar-refractivity contribution in [2.24, 2.45) is 5.73 Å². The number of methoxy groups -OCH3 is 1. The van der Waals surface area contributed by atoms with Gasteiger partial charge in [0, 0.05) is 13.6 Å². The van der Waals surface area contributed by atoms with E-state index in [1.54, 1.807) is 12.0 Å². The van der Waals surface area contributed by atoms with Gasteiger partial charge in [-0.3, -0.25) is 4.79 Å². The maximum Gasteiger partial charge on any atom is 0.242 e. The number of benzene rings is 1. The third-order valence-corrected chi connectivity index (χ3v) is 3.46. The van der Waals surface area contributed by atoms with Crippen LogP contribution in [0.2, 0.25) is 0 Å². The molecule has 0 spiro atoms. The maximum atomic E-state index is 11.9. The van der Waals surface area contributed by atoms with Gasteiger partial charge in [-0.05, 0) is 37.0 Å². The number of ether oxygens (including phenoxy) is 1. The first-order valence-corrected chi connectivity index (χ1v) is 6.22. The highest BCUT2D eigenvalue weighted by Gasteiger charge is 2.47. The zero-order chi connectivity index (χ0) is 13.2. The number of likely N-dealkylation sites (N-methyl/N-ethyl adjacent to an activating group) is 1. The van der Waals surface area contributed by atoms with Crippen LogP contribution in [-0.4, -0.2) is 37.0 Å². The summed E-state index contributed by atoms with van der Waals surface area (Å²) >= 11 is 0. The van der Waals surface area contributed by atoms with Crippen LogP contribution in [0.15, 0.2) is 24.3 Å². The Hall–Kier alpha value is -1.55. The third-order valence-electron chi connectivity index (χ3n) is 3.46. The minimum Gasteiger partial charge on any atom is -0.497 e. The Morgan fingerprint density at radius 1 is 1.39 bits per heavy atom. The molecule has 1 fully saturated rings. The van der Waals surface area contributed by atoms with Crippen molar-refractivity contribution in [1.82, 2.24) is 4.90 Å². The Balaban J connectivity index is 1.85. The second-order valence-corrected chi connectivity index (χ2v) is 4.98. The summed E-state index contributed by atoms with van der Waals surface area (Å²) in [7, 11) is 3.47. The summed E-state index contributed by atoms with van der Waals surface area (Å²) in [5, 5.41) is 0. The molecule has 0 atom stereocenters. The number of carbonyl (C=O) groups excluding carboxylic acids is 1. The molecule has 4 nitrogen and oxygen atoms in total. The van der Waals surface area contributed by atoms with Gasteiger partial charge in [0.05, 0.1) is 12.6 Å². The summed E-state index contributed by atoms with van der Waals surface area (Å²) in [6, 6.07) is 7.91. The summed E-state index contributed by atoms with van der Waals surface area (Å²) in [5.74, 6) is 0.915.